The largest absolute Gasteiger partial charge is 0.351 e. The summed E-state index contributed by atoms with van der Waals surface area (Å²) in [5, 5.41) is 2.76. The number of sulfonamides is 1. The zero-order valence-corrected chi connectivity index (χ0v) is 12.6. The van der Waals surface area contributed by atoms with Crippen LogP contribution < -0.4 is 5.32 Å². The number of thiophene rings is 1. The van der Waals surface area contributed by atoms with E-state index in [1.54, 1.807) is 12.1 Å². The highest BCUT2D eigenvalue weighted by Gasteiger charge is 2.19. The van der Waals surface area contributed by atoms with E-state index in [-0.39, 0.29) is 11.8 Å². The van der Waals surface area contributed by atoms with Crippen LogP contribution in [0.15, 0.2) is 16.3 Å². The molecule has 102 valence electrons. The van der Waals surface area contributed by atoms with Crippen LogP contribution in [0.3, 0.4) is 0 Å². The number of nitrogens with zero attached hydrogens (tertiary/aromatic N) is 1. The first-order valence-electron chi connectivity index (χ1n) is 5.54. The molecule has 0 aliphatic carbocycles. The summed E-state index contributed by atoms with van der Waals surface area (Å²) in [4.78, 5) is 12.2. The minimum absolute atomic E-state index is 0.0413. The summed E-state index contributed by atoms with van der Waals surface area (Å²) in [6, 6.07) is 3.29. The SMILES string of the molecule is CC(C)C(=O)NCc1ccc(S(=O)(=O)N(C)C)s1. The van der Waals surface area contributed by atoms with Crippen LogP contribution in [0.5, 0.6) is 0 Å². The van der Waals surface area contributed by atoms with Crippen LogP contribution in [0, 0.1) is 5.92 Å². The standard InChI is InChI=1S/C11H18N2O3S2/c1-8(2)11(14)12-7-9-5-6-10(17-9)18(15,16)13(3)4/h5-6,8H,7H2,1-4H3,(H,12,14). The second kappa shape index (κ2) is 5.81. The van der Waals surface area contributed by atoms with E-state index >= 15 is 0 Å². The Labute approximate surface area is 112 Å². The van der Waals surface area contributed by atoms with Gasteiger partial charge in [0.05, 0.1) is 6.54 Å². The van der Waals surface area contributed by atoms with E-state index in [1.807, 2.05) is 13.8 Å². The average molecular weight is 290 g/mol. The Kier molecular flexibility index (Phi) is 4.89. The summed E-state index contributed by atoms with van der Waals surface area (Å²) >= 11 is 1.18. The lowest BCUT2D eigenvalue weighted by molar-refractivity contribution is -0.124. The van der Waals surface area contributed by atoms with E-state index in [2.05, 4.69) is 5.32 Å². The van der Waals surface area contributed by atoms with Crippen molar-refractivity contribution in [2.24, 2.45) is 5.92 Å². The van der Waals surface area contributed by atoms with Crippen molar-refractivity contribution in [3.8, 4) is 0 Å². The molecule has 0 fully saturated rings. The van der Waals surface area contributed by atoms with Crippen molar-refractivity contribution in [2.75, 3.05) is 14.1 Å². The van der Waals surface area contributed by atoms with Crippen LogP contribution in [-0.2, 0) is 21.4 Å². The minimum atomic E-state index is -3.37. The highest BCUT2D eigenvalue weighted by atomic mass is 32.2. The van der Waals surface area contributed by atoms with Gasteiger partial charge in [-0.15, -0.1) is 11.3 Å². The molecule has 7 heteroatoms. The van der Waals surface area contributed by atoms with Crippen molar-refractivity contribution in [2.45, 2.75) is 24.6 Å². The molecule has 1 aromatic heterocycles. The number of amides is 1. The molecule has 1 N–H and O–H groups in total. The Bertz CT molecular complexity index is 518. The predicted molar refractivity (Wildman–Crippen MR) is 71.9 cm³/mol. The second-order valence-electron chi connectivity index (χ2n) is 4.38. The molecule has 5 nitrogen and oxygen atoms in total. The summed E-state index contributed by atoms with van der Waals surface area (Å²) in [5.41, 5.74) is 0. The van der Waals surface area contributed by atoms with Gasteiger partial charge in [0.1, 0.15) is 4.21 Å². The zero-order chi connectivity index (χ0) is 13.9. The van der Waals surface area contributed by atoms with Crippen molar-refractivity contribution < 1.29 is 13.2 Å². The normalized spacial score (nSPS) is 12.1. The lowest BCUT2D eigenvalue weighted by Gasteiger charge is -2.08. The second-order valence-corrected chi connectivity index (χ2v) is 7.93. The van der Waals surface area contributed by atoms with Gasteiger partial charge in [-0.25, -0.2) is 12.7 Å². The molecular formula is C11H18N2O3S2. The molecule has 0 aromatic carbocycles. The molecule has 0 spiro atoms. The summed E-state index contributed by atoms with van der Waals surface area (Å²) in [6.07, 6.45) is 0. The maximum atomic E-state index is 11.8. The molecule has 1 aromatic rings. The number of nitrogens with one attached hydrogen (secondary N) is 1. The quantitative estimate of drug-likeness (QED) is 0.888. The molecule has 1 amide bonds. The fourth-order valence-corrected chi connectivity index (χ4v) is 3.61. The Hall–Kier alpha value is -0.920. The fourth-order valence-electron chi connectivity index (χ4n) is 1.15. The summed E-state index contributed by atoms with van der Waals surface area (Å²) < 4.78 is 25.2. The van der Waals surface area contributed by atoms with Crippen LogP contribution >= 0.6 is 11.3 Å². The Balaban J connectivity index is 2.74. The van der Waals surface area contributed by atoms with Crippen LogP contribution in [-0.4, -0.2) is 32.7 Å². The lowest BCUT2D eigenvalue weighted by atomic mass is 10.2. The van der Waals surface area contributed by atoms with E-state index in [1.165, 1.54) is 29.7 Å². The maximum absolute atomic E-state index is 11.8. The number of rotatable bonds is 5. The smallest absolute Gasteiger partial charge is 0.252 e. The first-order valence-corrected chi connectivity index (χ1v) is 7.79. The maximum Gasteiger partial charge on any atom is 0.252 e. The van der Waals surface area contributed by atoms with Crippen molar-refractivity contribution >= 4 is 27.3 Å². The van der Waals surface area contributed by atoms with Gasteiger partial charge < -0.3 is 5.32 Å². The summed E-state index contributed by atoms with van der Waals surface area (Å²) in [5.74, 6) is -0.115. The van der Waals surface area contributed by atoms with Gasteiger partial charge in [-0.1, -0.05) is 13.8 Å². The van der Waals surface area contributed by atoms with Crippen molar-refractivity contribution in [1.82, 2.24) is 9.62 Å². The molecule has 1 rings (SSSR count). The van der Waals surface area contributed by atoms with Gasteiger partial charge in [0.2, 0.25) is 5.91 Å². The van der Waals surface area contributed by atoms with E-state index < -0.39 is 10.0 Å². The lowest BCUT2D eigenvalue weighted by Crippen LogP contribution is -2.26. The number of hydrogen-bond acceptors (Lipinski definition) is 4. The molecule has 18 heavy (non-hydrogen) atoms. The van der Waals surface area contributed by atoms with Crippen molar-refractivity contribution in [1.29, 1.82) is 0 Å². The fraction of sp³-hybridized carbons (Fsp3) is 0.545. The van der Waals surface area contributed by atoms with Crippen molar-refractivity contribution in [3.63, 3.8) is 0 Å². The number of hydrogen-bond donors (Lipinski definition) is 1. The van der Waals surface area contributed by atoms with Crippen LogP contribution in [0.2, 0.25) is 0 Å². The van der Waals surface area contributed by atoms with E-state index in [9.17, 15) is 13.2 Å². The molecule has 0 aliphatic rings. The third-order valence-corrected chi connectivity index (χ3v) is 5.70. The molecule has 1 heterocycles. The Morgan fingerprint density at radius 2 is 2.00 bits per heavy atom. The van der Waals surface area contributed by atoms with Crippen LogP contribution in [0.25, 0.3) is 0 Å². The third kappa shape index (κ3) is 3.54. The van der Waals surface area contributed by atoms with Gasteiger partial charge in [0.15, 0.2) is 0 Å². The monoisotopic (exact) mass is 290 g/mol. The molecule has 0 saturated carbocycles. The minimum Gasteiger partial charge on any atom is -0.351 e. The van der Waals surface area contributed by atoms with Crippen LogP contribution in [0.4, 0.5) is 0 Å². The average Bonchev–Trinajstić information content (AvgIpc) is 2.74. The summed E-state index contributed by atoms with van der Waals surface area (Å²) in [6.45, 7) is 3.99. The van der Waals surface area contributed by atoms with E-state index in [0.717, 1.165) is 4.88 Å². The molecule has 0 saturated heterocycles. The number of carbonyl (C=O) groups excluding carboxylic acids is 1. The Morgan fingerprint density at radius 1 is 1.39 bits per heavy atom. The molecule has 0 bridgehead atoms. The third-order valence-electron chi connectivity index (χ3n) is 2.33. The first-order chi connectivity index (χ1) is 8.25. The molecule has 0 aliphatic heterocycles. The van der Waals surface area contributed by atoms with E-state index in [0.29, 0.717) is 10.8 Å². The highest BCUT2D eigenvalue weighted by Crippen LogP contribution is 2.23. The van der Waals surface area contributed by atoms with Gasteiger partial charge in [-0.3, -0.25) is 4.79 Å². The van der Waals surface area contributed by atoms with Gasteiger partial charge in [0.25, 0.3) is 10.0 Å². The van der Waals surface area contributed by atoms with E-state index in [4.69, 9.17) is 0 Å². The van der Waals surface area contributed by atoms with Gasteiger partial charge in [0, 0.05) is 24.9 Å². The molecular weight excluding hydrogens is 272 g/mol. The summed E-state index contributed by atoms with van der Waals surface area (Å²) in [7, 11) is -0.381. The topological polar surface area (TPSA) is 66.5 Å². The van der Waals surface area contributed by atoms with Crippen LogP contribution in [0.1, 0.15) is 18.7 Å². The predicted octanol–water partition coefficient (Wildman–Crippen LogP) is 1.27. The zero-order valence-electron chi connectivity index (χ0n) is 10.9. The molecule has 0 radical (unpaired) electrons. The van der Waals surface area contributed by atoms with Gasteiger partial charge in [-0.05, 0) is 12.1 Å². The molecule has 0 atom stereocenters. The van der Waals surface area contributed by atoms with Crippen molar-refractivity contribution in [3.05, 3.63) is 17.0 Å². The Morgan fingerprint density at radius 3 is 2.50 bits per heavy atom. The number of carbonyl (C=O) groups is 1. The van der Waals surface area contributed by atoms with Gasteiger partial charge >= 0.3 is 0 Å². The van der Waals surface area contributed by atoms with Gasteiger partial charge in [-0.2, -0.15) is 0 Å². The highest BCUT2D eigenvalue weighted by molar-refractivity contribution is 7.91. The first kappa shape index (κ1) is 15.1. The molecule has 0 unspecified atom stereocenters.